The first-order valence-electron chi connectivity index (χ1n) is 5.78. The van der Waals surface area contributed by atoms with Crippen LogP contribution in [0.4, 0.5) is 0 Å². The molecule has 0 spiro atoms. The summed E-state index contributed by atoms with van der Waals surface area (Å²) in [7, 11) is 0. The van der Waals surface area contributed by atoms with E-state index in [0.717, 1.165) is 12.0 Å². The molecule has 1 aromatic rings. The highest BCUT2D eigenvalue weighted by Gasteiger charge is 2.27. The number of fused-ring (bicyclic) bond motifs is 1. The largest absolute Gasteiger partial charge is 0.490 e. The van der Waals surface area contributed by atoms with E-state index in [2.05, 4.69) is 10.3 Å². The van der Waals surface area contributed by atoms with Crippen LogP contribution in [0, 0.1) is 0 Å². The van der Waals surface area contributed by atoms with Crippen molar-refractivity contribution >= 4 is 11.9 Å². The van der Waals surface area contributed by atoms with Crippen LogP contribution in [-0.4, -0.2) is 25.1 Å². The molecule has 94 valence electrons. The Morgan fingerprint density at radius 1 is 1.28 bits per heavy atom. The zero-order valence-electron chi connectivity index (χ0n) is 9.68. The van der Waals surface area contributed by atoms with E-state index in [9.17, 15) is 4.79 Å². The highest BCUT2D eigenvalue weighted by atomic mass is 16.5. The molecule has 0 fully saturated rings. The van der Waals surface area contributed by atoms with Gasteiger partial charge in [-0.1, -0.05) is 6.07 Å². The number of nitrogens with two attached hydrogens (primary N) is 1. The number of guanidine groups is 1. The summed E-state index contributed by atoms with van der Waals surface area (Å²) in [5, 5.41) is 2.47. The van der Waals surface area contributed by atoms with Gasteiger partial charge in [0.2, 0.25) is 0 Å². The number of rotatable bonds is 1. The van der Waals surface area contributed by atoms with Crippen LogP contribution < -0.4 is 20.5 Å². The van der Waals surface area contributed by atoms with E-state index in [4.69, 9.17) is 15.2 Å². The molecule has 0 radical (unpaired) electrons. The van der Waals surface area contributed by atoms with Crippen molar-refractivity contribution in [2.75, 3.05) is 13.2 Å². The van der Waals surface area contributed by atoms with E-state index in [1.807, 2.05) is 0 Å². The first kappa shape index (κ1) is 10.9. The second-order valence-electron chi connectivity index (χ2n) is 4.16. The van der Waals surface area contributed by atoms with Crippen molar-refractivity contribution in [3.05, 3.63) is 23.8 Å². The topological polar surface area (TPSA) is 85.9 Å². The first-order valence-corrected chi connectivity index (χ1v) is 5.78. The minimum Gasteiger partial charge on any atom is -0.490 e. The van der Waals surface area contributed by atoms with Crippen molar-refractivity contribution < 1.29 is 14.3 Å². The van der Waals surface area contributed by atoms with Crippen LogP contribution in [0.3, 0.4) is 0 Å². The molecule has 0 saturated carbocycles. The molecular formula is C12H13N3O3. The quantitative estimate of drug-likeness (QED) is 0.749. The van der Waals surface area contributed by atoms with Crippen molar-refractivity contribution in [3.63, 3.8) is 0 Å². The summed E-state index contributed by atoms with van der Waals surface area (Å²) in [6.45, 7) is 1.25. The summed E-state index contributed by atoms with van der Waals surface area (Å²) in [5.74, 6) is 1.28. The maximum absolute atomic E-state index is 11.6. The number of carbonyl (C=O) groups is 1. The molecule has 6 nitrogen and oxygen atoms in total. The van der Waals surface area contributed by atoms with E-state index in [1.54, 1.807) is 18.2 Å². The number of amides is 1. The molecule has 0 bridgehead atoms. The number of hydrogen-bond donors (Lipinski definition) is 2. The second-order valence-corrected chi connectivity index (χ2v) is 4.16. The van der Waals surface area contributed by atoms with Gasteiger partial charge in [-0.05, 0) is 17.7 Å². The van der Waals surface area contributed by atoms with Crippen molar-refractivity contribution in [2.24, 2.45) is 10.7 Å². The van der Waals surface area contributed by atoms with Gasteiger partial charge in [-0.3, -0.25) is 10.1 Å². The van der Waals surface area contributed by atoms with Gasteiger partial charge in [0.1, 0.15) is 0 Å². The van der Waals surface area contributed by atoms with Gasteiger partial charge in [0.25, 0.3) is 5.91 Å². The average molecular weight is 247 g/mol. The van der Waals surface area contributed by atoms with Crippen LogP contribution in [0.5, 0.6) is 11.5 Å². The summed E-state index contributed by atoms with van der Waals surface area (Å²) in [6.07, 6.45) is 0.846. The van der Waals surface area contributed by atoms with Crippen LogP contribution in [0.25, 0.3) is 0 Å². The molecule has 6 heteroatoms. The van der Waals surface area contributed by atoms with Crippen LogP contribution in [0.1, 0.15) is 18.0 Å². The van der Waals surface area contributed by atoms with Gasteiger partial charge < -0.3 is 15.2 Å². The fourth-order valence-corrected chi connectivity index (χ4v) is 2.00. The average Bonchev–Trinajstić information content (AvgIpc) is 2.58. The lowest BCUT2D eigenvalue weighted by Crippen LogP contribution is -2.31. The summed E-state index contributed by atoms with van der Waals surface area (Å²) in [4.78, 5) is 15.7. The van der Waals surface area contributed by atoms with E-state index in [1.165, 1.54) is 0 Å². The lowest BCUT2D eigenvalue weighted by Gasteiger charge is -2.10. The van der Waals surface area contributed by atoms with Crippen molar-refractivity contribution in [2.45, 2.75) is 12.5 Å². The van der Waals surface area contributed by atoms with E-state index < -0.39 is 6.04 Å². The second kappa shape index (κ2) is 4.21. The molecule has 3 rings (SSSR count). The number of carbonyl (C=O) groups excluding carboxylic acids is 1. The Kier molecular flexibility index (Phi) is 2.55. The van der Waals surface area contributed by atoms with Gasteiger partial charge >= 0.3 is 0 Å². The fraction of sp³-hybridized carbons (Fsp3) is 0.333. The standard InChI is InChI=1S/C12H13N3O3/c13-12-14-10(11(16)15-12)7-2-3-8-9(6-7)18-5-1-4-17-8/h2-3,6,10H,1,4-5H2,(H3,13,14,15,16). The Balaban J connectivity index is 1.94. The molecule has 0 aromatic heterocycles. The molecule has 1 amide bonds. The van der Waals surface area contributed by atoms with Gasteiger partial charge in [-0.15, -0.1) is 0 Å². The minimum atomic E-state index is -0.595. The molecule has 1 atom stereocenters. The van der Waals surface area contributed by atoms with E-state index in [0.29, 0.717) is 24.7 Å². The lowest BCUT2D eigenvalue weighted by molar-refractivity contribution is -0.120. The SMILES string of the molecule is NC1=NC(c2ccc3c(c2)OCCCO3)C(=O)N1. The van der Waals surface area contributed by atoms with Gasteiger partial charge in [-0.25, -0.2) is 4.99 Å². The van der Waals surface area contributed by atoms with Crippen LogP contribution in [0.15, 0.2) is 23.2 Å². The molecular weight excluding hydrogens is 234 g/mol. The summed E-state index contributed by atoms with van der Waals surface area (Å²) in [5.41, 5.74) is 6.23. The summed E-state index contributed by atoms with van der Waals surface area (Å²) in [6, 6.07) is 4.79. The fourth-order valence-electron chi connectivity index (χ4n) is 2.00. The summed E-state index contributed by atoms with van der Waals surface area (Å²) >= 11 is 0. The number of aliphatic imine (C=N–C) groups is 1. The molecule has 1 unspecified atom stereocenters. The maximum atomic E-state index is 11.6. The van der Waals surface area contributed by atoms with Gasteiger partial charge in [0, 0.05) is 6.42 Å². The zero-order valence-corrected chi connectivity index (χ0v) is 9.68. The van der Waals surface area contributed by atoms with Crippen LogP contribution in [-0.2, 0) is 4.79 Å². The molecule has 1 aromatic carbocycles. The maximum Gasteiger partial charge on any atom is 0.256 e. The Hall–Kier alpha value is -2.24. The molecule has 0 saturated heterocycles. The number of nitrogens with zero attached hydrogens (tertiary/aromatic N) is 1. The first-order chi connectivity index (χ1) is 8.74. The third-order valence-electron chi connectivity index (χ3n) is 2.86. The monoisotopic (exact) mass is 247 g/mol. The predicted octanol–water partition coefficient (Wildman–Crippen LogP) is 0.333. The van der Waals surface area contributed by atoms with Crippen molar-refractivity contribution in [1.29, 1.82) is 0 Å². The number of ether oxygens (including phenoxy) is 2. The van der Waals surface area contributed by atoms with Crippen molar-refractivity contribution in [3.8, 4) is 11.5 Å². The minimum absolute atomic E-state index is 0.150. The van der Waals surface area contributed by atoms with Gasteiger partial charge in [-0.2, -0.15) is 0 Å². The highest BCUT2D eigenvalue weighted by molar-refractivity contribution is 6.04. The third-order valence-corrected chi connectivity index (χ3v) is 2.86. The van der Waals surface area contributed by atoms with Crippen molar-refractivity contribution in [1.82, 2.24) is 5.32 Å². The summed E-state index contributed by atoms with van der Waals surface area (Å²) < 4.78 is 11.1. The van der Waals surface area contributed by atoms with Crippen LogP contribution >= 0.6 is 0 Å². The molecule has 2 heterocycles. The normalized spacial score (nSPS) is 22.1. The highest BCUT2D eigenvalue weighted by Crippen LogP contribution is 2.33. The number of hydrogen-bond acceptors (Lipinski definition) is 5. The zero-order chi connectivity index (χ0) is 12.5. The van der Waals surface area contributed by atoms with Crippen LogP contribution in [0.2, 0.25) is 0 Å². The Bertz CT molecular complexity index is 527. The Labute approximate surface area is 104 Å². The van der Waals surface area contributed by atoms with Gasteiger partial charge in [0.05, 0.1) is 13.2 Å². The predicted molar refractivity (Wildman–Crippen MR) is 64.6 cm³/mol. The number of nitrogens with one attached hydrogen (secondary N) is 1. The molecule has 0 aliphatic carbocycles. The number of benzene rings is 1. The third kappa shape index (κ3) is 1.85. The molecule has 3 N–H and O–H groups in total. The molecule has 18 heavy (non-hydrogen) atoms. The molecule has 2 aliphatic rings. The Morgan fingerprint density at radius 3 is 2.78 bits per heavy atom. The molecule has 2 aliphatic heterocycles. The lowest BCUT2D eigenvalue weighted by atomic mass is 10.1. The van der Waals surface area contributed by atoms with E-state index in [-0.39, 0.29) is 11.9 Å². The van der Waals surface area contributed by atoms with E-state index >= 15 is 0 Å². The Morgan fingerprint density at radius 2 is 2.06 bits per heavy atom. The smallest absolute Gasteiger partial charge is 0.256 e. The van der Waals surface area contributed by atoms with Gasteiger partial charge in [0.15, 0.2) is 23.5 Å².